The van der Waals surface area contributed by atoms with Crippen molar-refractivity contribution in [2.75, 3.05) is 27.1 Å². The van der Waals surface area contributed by atoms with Gasteiger partial charge in [-0.25, -0.2) is 4.79 Å². The van der Waals surface area contributed by atoms with Crippen LogP contribution in [-0.4, -0.2) is 50.1 Å². The molecule has 0 saturated heterocycles. The van der Waals surface area contributed by atoms with Crippen LogP contribution in [-0.2, 0) is 14.3 Å². The van der Waals surface area contributed by atoms with Gasteiger partial charge in [0.05, 0.1) is 21.3 Å². The van der Waals surface area contributed by atoms with Gasteiger partial charge >= 0.3 is 5.97 Å². The van der Waals surface area contributed by atoms with E-state index >= 15 is 0 Å². The number of aromatic hydroxyl groups is 1. The number of hydrogen-bond donors (Lipinski definition) is 3. The number of nitrogens with one attached hydrogen (secondary N) is 1. The van der Waals surface area contributed by atoms with Crippen LogP contribution in [0.1, 0.15) is 5.56 Å². The van der Waals surface area contributed by atoms with Crippen molar-refractivity contribution in [2.24, 2.45) is 0 Å². The summed E-state index contributed by atoms with van der Waals surface area (Å²) >= 11 is 3.98. The van der Waals surface area contributed by atoms with Gasteiger partial charge in [0.1, 0.15) is 6.04 Å². The first kappa shape index (κ1) is 18.7. The SMILES string of the molecule is COC(=O)[C@H](CS)NC(=O)/C=C/c1cc(OC)c(O)c(OC)c1. The fraction of sp³-hybridized carbons (Fsp3) is 0.333. The van der Waals surface area contributed by atoms with Crippen LogP contribution in [0.4, 0.5) is 0 Å². The van der Waals surface area contributed by atoms with Crippen LogP contribution < -0.4 is 14.8 Å². The highest BCUT2D eigenvalue weighted by molar-refractivity contribution is 7.80. The van der Waals surface area contributed by atoms with Crippen LogP contribution in [0, 0.1) is 0 Å². The van der Waals surface area contributed by atoms with Crippen molar-refractivity contribution >= 4 is 30.6 Å². The predicted molar refractivity (Wildman–Crippen MR) is 88.0 cm³/mol. The van der Waals surface area contributed by atoms with Crippen molar-refractivity contribution in [3.63, 3.8) is 0 Å². The van der Waals surface area contributed by atoms with Crippen LogP contribution in [0.2, 0.25) is 0 Å². The van der Waals surface area contributed by atoms with Crippen molar-refractivity contribution in [1.29, 1.82) is 0 Å². The van der Waals surface area contributed by atoms with Crippen LogP contribution >= 0.6 is 12.6 Å². The average Bonchev–Trinajstić information content (AvgIpc) is 2.57. The summed E-state index contributed by atoms with van der Waals surface area (Å²) < 4.78 is 14.6. The summed E-state index contributed by atoms with van der Waals surface area (Å²) in [4.78, 5) is 23.2. The molecule has 2 N–H and O–H groups in total. The topological polar surface area (TPSA) is 94.1 Å². The molecule has 8 heteroatoms. The first-order valence-corrected chi connectivity index (χ1v) is 7.22. The van der Waals surface area contributed by atoms with Crippen LogP contribution in [0.25, 0.3) is 6.08 Å². The van der Waals surface area contributed by atoms with E-state index in [1.165, 1.54) is 45.6 Å². The number of phenolic OH excluding ortho intramolecular Hbond substituents is 1. The highest BCUT2D eigenvalue weighted by Gasteiger charge is 2.18. The lowest BCUT2D eigenvalue weighted by molar-refractivity contribution is -0.143. The lowest BCUT2D eigenvalue weighted by atomic mass is 10.1. The molecule has 0 aliphatic carbocycles. The van der Waals surface area contributed by atoms with Gasteiger partial charge in [0.15, 0.2) is 11.5 Å². The molecule has 0 aliphatic rings. The van der Waals surface area contributed by atoms with E-state index in [9.17, 15) is 14.7 Å². The Kier molecular flexibility index (Phi) is 7.27. The highest BCUT2D eigenvalue weighted by atomic mass is 32.1. The monoisotopic (exact) mass is 341 g/mol. The first-order valence-electron chi connectivity index (χ1n) is 6.59. The van der Waals surface area contributed by atoms with E-state index in [0.717, 1.165) is 0 Å². The second-order valence-corrected chi connectivity index (χ2v) is 4.74. The Labute approximate surface area is 139 Å². The van der Waals surface area contributed by atoms with Gasteiger partial charge in [-0.15, -0.1) is 0 Å². The van der Waals surface area contributed by atoms with Gasteiger partial charge in [0.25, 0.3) is 0 Å². The third-order valence-electron chi connectivity index (χ3n) is 2.91. The Hall–Kier alpha value is -2.35. The Morgan fingerprint density at radius 3 is 2.26 bits per heavy atom. The molecule has 1 atom stereocenters. The van der Waals surface area contributed by atoms with Crippen LogP contribution in [0.15, 0.2) is 18.2 Å². The van der Waals surface area contributed by atoms with E-state index in [2.05, 4.69) is 22.7 Å². The molecule has 1 amide bonds. The highest BCUT2D eigenvalue weighted by Crippen LogP contribution is 2.37. The molecule has 1 aromatic rings. The summed E-state index contributed by atoms with van der Waals surface area (Å²) in [5, 5.41) is 12.3. The van der Waals surface area contributed by atoms with Crippen molar-refractivity contribution in [2.45, 2.75) is 6.04 Å². The number of esters is 1. The molecule has 0 unspecified atom stereocenters. The van der Waals surface area contributed by atoms with Gasteiger partial charge < -0.3 is 24.6 Å². The number of phenols is 1. The van der Waals surface area contributed by atoms with Gasteiger partial charge in [-0.05, 0) is 23.8 Å². The Morgan fingerprint density at radius 2 is 1.83 bits per heavy atom. The summed E-state index contributed by atoms with van der Waals surface area (Å²) in [6.45, 7) is 0. The zero-order valence-electron chi connectivity index (χ0n) is 13.0. The fourth-order valence-corrected chi connectivity index (χ4v) is 1.96. The molecule has 0 radical (unpaired) electrons. The van der Waals surface area contributed by atoms with E-state index < -0.39 is 17.9 Å². The molecule has 1 aromatic carbocycles. The van der Waals surface area contributed by atoms with Crippen molar-refractivity contribution in [1.82, 2.24) is 5.32 Å². The van der Waals surface area contributed by atoms with E-state index in [-0.39, 0.29) is 23.0 Å². The van der Waals surface area contributed by atoms with Crippen molar-refractivity contribution < 1.29 is 28.9 Å². The largest absolute Gasteiger partial charge is 0.502 e. The first-order chi connectivity index (χ1) is 11.0. The van der Waals surface area contributed by atoms with E-state index in [4.69, 9.17) is 9.47 Å². The van der Waals surface area contributed by atoms with E-state index in [0.29, 0.717) is 5.56 Å². The predicted octanol–water partition coefficient (Wildman–Crippen LogP) is 1.01. The van der Waals surface area contributed by atoms with Gasteiger partial charge in [-0.3, -0.25) is 4.79 Å². The molecule has 126 valence electrons. The molecule has 23 heavy (non-hydrogen) atoms. The number of rotatable bonds is 7. The number of ether oxygens (including phenoxy) is 3. The van der Waals surface area contributed by atoms with Crippen molar-refractivity contribution in [3.8, 4) is 17.2 Å². The molecule has 7 nitrogen and oxygen atoms in total. The molecule has 0 heterocycles. The Balaban J connectivity index is 2.88. The quantitative estimate of drug-likeness (QED) is 0.389. The molecular formula is C15H19NO6S. The summed E-state index contributed by atoms with van der Waals surface area (Å²) in [6.07, 6.45) is 2.73. The second kappa shape index (κ2) is 8.94. The summed E-state index contributed by atoms with van der Waals surface area (Å²) in [7, 11) is 4.04. The molecule has 0 aliphatic heterocycles. The van der Waals surface area contributed by atoms with E-state index in [1.807, 2.05) is 0 Å². The fourth-order valence-electron chi connectivity index (χ4n) is 1.72. The maximum Gasteiger partial charge on any atom is 0.329 e. The number of thiol groups is 1. The van der Waals surface area contributed by atoms with E-state index in [1.54, 1.807) is 0 Å². The molecule has 0 aromatic heterocycles. The summed E-state index contributed by atoms with van der Waals surface area (Å²) in [5.74, 6) is -0.639. The molecule has 0 fully saturated rings. The van der Waals surface area contributed by atoms with Gasteiger partial charge in [-0.1, -0.05) is 0 Å². The number of carbonyl (C=O) groups excluding carboxylic acids is 2. The molecular weight excluding hydrogens is 322 g/mol. The van der Waals surface area contributed by atoms with Crippen LogP contribution in [0.3, 0.4) is 0 Å². The number of carbonyl (C=O) groups is 2. The Bertz CT molecular complexity index is 577. The maximum atomic E-state index is 11.8. The normalized spacial score (nSPS) is 11.8. The number of amides is 1. The average molecular weight is 341 g/mol. The van der Waals surface area contributed by atoms with Gasteiger partial charge in [-0.2, -0.15) is 12.6 Å². The summed E-state index contributed by atoms with van der Waals surface area (Å²) in [5.41, 5.74) is 0.576. The third kappa shape index (κ3) is 5.10. The third-order valence-corrected chi connectivity index (χ3v) is 3.28. The van der Waals surface area contributed by atoms with Crippen molar-refractivity contribution in [3.05, 3.63) is 23.8 Å². The lowest BCUT2D eigenvalue weighted by Crippen LogP contribution is -2.42. The Morgan fingerprint density at radius 1 is 1.26 bits per heavy atom. The lowest BCUT2D eigenvalue weighted by Gasteiger charge is -2.12. The minimum Gasteiger partial charge on any atom is -0.502 e. The van der Waals surface area contributed by atoms with Crippen LogP contribution in [0.5, 0.6) is 17.2 Å². The summed E-state index contributed by atoms with van der Waals surface area (Å²) in [6, 6.07) is 2.25. The molecule has 1 rings (SSSR count). The molecule has 0 bridgehead atoms. The van der Waals surface area contributed by atoms with Gasteiger partial charge in [0.2, 0.25) is 11.7 Å². The smallest absolute Gasteiger partial charge is 0.329 e. The minimum atomic E-state index is -0.829. The minimum absolute atomic E-state index is 0.118. The number of hydrogen-bond acceptors (Lipinski definition) is 7. The van der Waals surface area contributed by atoms with Gasteiger partial charge in [0, 0.05) is 11.8 Å². The number of benzene rings is 1. The second-order valence-electron chi connectivity index (χ2n) is 4.37. The standard InChI is InChI=1S/C15H19NO6S/c1-20-11-6-9(7-12(21-2)14(11)18)4-5-13(17)16-10(8-23)15(19)22-3/h4-7,10,18,23H,8H2,1-3H3,(H,16,17)/b5-4+/t10-/m0/s1. The zero-order valence-corrected chi connectivity index (χ0v) is 13.9. The zero-order chi connectivity index (χ0) is 17.4. The maximum absolute atomic E-state index is 11.8. The number of methoxy groups -OCH3 is 3. The molecule has 0 saturated carbocycles. The molecule has 0 spiro atoms.